The number of aromatic nitrogens is 1. The molecule has 118 valence electrons. The van der Waals surface area contributed by atoms with Crippen LogP contribution in [0.5, 0.6) is 0 Å². The van der Waals surface area contributed by atoms with Crippen molar-refractivity contribution in [1.82, 2.24) is 9.46 Å². The minimum atomic E-state index is -3.38. The summed E-state index contributed by atoms with van der Waals surface area (Å²) in [6.07, 6.45) is 1.62. The summed E-state index contributed by atoms with van der Waals surface area (Å²) in [6, 6.07) is 9.20. The van der Waals surface area contributed by atoms with Crippen molar-refractivity contribution in [2.75, 3.05) is 6.54 Å². The van der Waals surface area contributed by atoms with Gasteiger partial charge < -0.3 is 4.52 Å². The van der Waals surface area contributed by atoms with E-state index in [1.54, 1.807) is 4.31 Å². The van der Waals surface area contributed by atoms with E-state index in [9.17, 15) is 8.42 Å². The van der Waals surface area contributed by atoms with E-state index in [-0.39, 0.29) is 11.8 Å². The molecule has 1 atom stereocenters. The molecule has 1 saturated heterocycles. The van der Waals surface area contributed by atoms with Crippen LogP contribution in [0.15, 0.2) is 34.9 Å². The van der Waals surface area contributed by atoms with E-state index in [2.05, 4.69) is 5.16 Å². The van der Waals surface area contributed by atoms with Crippen molar-refractivity contribution in [2.45, 2.75) is 38.5 Å². The van der Waals surface area contributed by atoms with Gasteiger partial charge in [-0.3, -0.25) is 0 Å². The first-order valence-electron chi connectivity index (χ1n) is 7.44. The third-order valence-electron chi connectivity index (χ3n) is 4.13. The largest absolute Gasteiger partial charge is 0.359 e. The lowest BCUT2D eigenvalue weighted by atomic mass is 10.1. The number of sulfonamides is 1. The van der Waals surface area contributed by atoms with Gasteiger partial charge in [0.2, 0.25) is 10.0 Å². The van der Waals surface area contributed by atoms with Gasteiger partial charge in [0, 0.05) is 12.6 Å². The first kappa shape index (κ1) is 15.2. The van der Waals surface area contributed by atoms with E-state index < -0.39 is 10.0 Å². The number of benzene rings is 1. The maximum Gasteiger partial charge on any atom is 0.218 e. The summed E-state index contributed by atoms with van der Waals surface area (Å²) in [7, 11) is -3.38. The molecule has 3 rings (SSSR count). The Balaban J connectivity index is 1.86. The van der Waals surface area contributed by atoms with Gasteiger partial charge in [0.05, 0.1) is 17.5 Å². The second-order valence-corrected chi connectivity index (χ2v) is 7.74. The molecule has 0 saturated carbocycles. The van der Waals surface area contributed by atoms with Crippen LogP contribution in [0.25, 0.3) is 0 Å². The van der Waals surface area contributed by atoms with Crippen molar-refractivity contribution in [2.24, 2.45) is 0 Å². The minimum Gasteiger partial charge on any atom is -0.359 e. The summed E-state index contributed by atoms with van der Waals surface area (Å²) in [5.74, 6) is 0.673. The van der Waals surface area contributed by atoms with Gasteiger partial charge in [-0.15, -0.1) is 0 Å². The van der Waals surface area contributed by atoms with Crippen molar-refractivity contribution < 1.29 is 12.9 Å². The molecule has 0 N–H and O–H groups in total. The highest BCUT2D eigenvalue weighted by Crippen LogP contribution is 2.35. The van der Waals surface area contributed by atoms with E-state index >= 15 is 0 Å². The zero-order chi connectivity index (χ0) is 15.7. The number of nitrogens with zero attached hydrogens (tertiary/aromatic N) is 2. The predicted molar refractivity (Wildman–Crippen MR) is 83.7 cm³/mol. The van der Waals surface area contributed by atoms with Crippen LogP contribution >= 0.6 is 0 Å². The highest BCUT2D eigenvalue weighted by atomic mass is 32.2. The summed E-state index contributed by atoms with van der Waals surface area (Å²) in [6.45, 7) is 4.32. The Labute approximate surface area is 131 Å². The van der Waals surface area contributed by atoms with Gasteiger partial charge >= 0.3 is 0 Å². The average molecular weight is 320 g/mol. The van der Waals surface area contributed by atoms with Crippen LogP contribution in [0.3, 0.4) is 0 Å². The lowest BCUT2D eigenvalue weighted by Crippen LogP contribution is -2.31. The predicted octanol–water partition coefficient (Wildman–Crippen LogP) is 2.96. The lowest BCUT2D eigenvalue weighted by molar-refractivity contribution is 0.297. The van der Waals surface area contributed by atoms with Crippen molar-refractivity contribution in [1.29, 1.82) is 0 Å². The molecule has 1 aliphatic heterocycles. The maximum atomic E-state index is 12.8. The summed E-state index contributed by atoms with van der Waals surface area (Å²) in [5.41, 5.74) is 2.62. The quantitative estimate of drug-likeness (QED) is 0.869. The molecule has 0 aliphatic carbocycles. The summed E-state index contributed by atoms with van der Waals surface area (Å²) in [5, 5.41) is 3.88. The Morgan fingerprint density at radius 1 is 1.32 bits per heavy atom. The van der Waals surface area contributed by atoms with Gasteiger partial charge in [0.1, 0.15) is 0 Å². The number of rotatable bonds is 4. The van der Waals surface area contributed by atoms with Gasteiger partial charge in [0.25, 0.3) is 0 Å². The van der Waals surface area contributed by atoms with Gasteiger partial charge in [-0.25, -0.2) is 8.42 Å². The second-order valence-electron chi connectivity index (χ2n) is 5.82. The molecular formula is C16H20N2O3S. The molecule has 1 aliphatic rings. The van der Waals surface area contributed by atoms with Crippen LogP contribution in [0.1, 0.15) is 41.5 Å². The van der Waals surface area contributed by atoms with E-state index in [0.29, 0.717) is 12.3 Å². The van der Waals surface area contributed by atoms with Crippen LogP contribution in [-0.2, 0) is 15.8 Å². The fourth-order valence-electron chi connectivity index (χ4n) is 2.95. The molecule has 6 heteroatoms. The number of aryl methyl sites for hydroxylation is 2. The fourth-order valence-corrected chi connectivity index (χ4v) is 4.84. The molecule has 0 bridgehead atoms. The Morgan fingerprint density at radius 2 is 2.09 bits per heavy atom. The highest BCUT2D eigenvalue weighted by molar-refractivity contribution is 7.88. The molecule has 1 aromatic carbocycles. The molecule has 5 nitrogen and oxygen atoms in total. The van der Waals surface area contributed by atoms with Crippen LogP contribution in [-0.4, -0.2) is 24.4 Å². The molecule has 0 spiro atoms. The van der Waals surface area contributed by atoms with Crippen LogP contribution in [0.2, 0.25) is 0 Å². The Morgan fingerprint density at radius 3 is 2.77 bits per heavy atom. The monoisotopic (exact) mass is 320 g/mol. The molecule has 22 heavy (non-hydrogen) atoms. The number of hydrogen-bond donors (Lipinski definition) is 0. The third kappa shape index (κ3) is 2.94. The lowest BCUT2D eigenvalue weighted by Gasteiger charge is -2.22. The summed E-state index contributed by atoms with van der Waals surface area (Å²) < 4.78 is 32.5. The normalized spacial score (nSPS) is 19.6. The van der Waals surface area contributed by atoms with E-state index in [1.165, 1.54) is 0 Å². The minimum absolute atomic E-state index is 0.0310. The van der Waals surface area contributed by atoms with Crippen molar-refractivity contribution >= 4 is 10.0 Å². The Kier molecular flexibility index (Phi) is 4.06. The zero-order valence-electron chi connectivity index (χ0n) is 12.8. The van der Waals surface area contributed by atoms with Crippen molar-refractivity contribution in [3.8, 4) is 0 Å². The van der Waals surface area contributed by atoms with Crippen LogP contribution < -0.4 is 0 Å². The van der Waals surface area contributed by atoms with Crippen molar-refractivity contribution in [3.05, 3.63) is 52.9 Å². The van der Waals surface area contributed by atoms with E-state index in [4.69, 9.17) is 4.52 Å². The Bertz CT molecular complexity index is 767. The molecule has 1 unspecified atom stereocenters. The summed E-state index contributed by atoms with van der Waals surface area (Å²) >= 11 is 0. The first-order chi connectivity index (χ1) is 10.5. The molecule has 2 aromatic rings. The van der Waals surface area contributed by atoms with Crippen LogP contribution in [0, 0.1) is 13.8 Å². The van der Waals surface area contributed by atoms with E-state index in [1.807, 2.05) is 44.2 Å². The highest BCUT2D eigenvalue weighted by Gasteiger charge is 2.37. The third-order valence-corrected chi connectivity index (χ3v) is 5.96. The molecule has 0 radical (unpaired) electrons. The molecular weight excluding hydrogens is 300 g/mol. The van der Waals surface area contributed by atoms with Gasteiger partial charge in [-0.05, 0) is 37.8 Å². The number of hydrogen-bond acceptors (Lipinski definition) is 4. The van der Waals surface area contributed by atoms with Crippen molar-refractivity contribution in [3.63, 3.8) is 0 Å². The smallest absolute Gasteiger partial charge is 0.218 e. The molecule has 1 fully saturated rings. The summed E-state index contributed by atoms with van der Waals surface area (Å²) in [4.78, 5) is 0. The van der Waals surface area contributed by atoms with Gasteiger partial charge in [-0.2, -0.15) is 4.31 Å². The second kappa shape index (κ2) is 5.85. The topological polar surface area (TPSA) is 63.4 Å². The van der Waals surface area contributed by atoms with Crippen LogP contribution in [0.4, 0.5) is 0 Å². The standard InChI is InChI=1S/C16H20N2O3S/c1-12-6-3-4-7-14(12)11-22(19,20)18-9-5-8-15(18)16-10-13(2)17-21-16/h3-4,6-7,10,15H,5,8-9,11H2,1-2H3. The fraction of sp³-hybridized carbons (Fsp3) is 0.438. The zero-order valence-corrected chi connectivity index (χ0v) is 13.6. The van der Waals surface area contributed by atoms with Gasteiger partial charge in [-0.1, -0.05) is 29.4 Å². The first-order valence-corrected chi connectivity index (χ1v) is 9.05. The van der Waals surface area contributed by atoms with E-state index in [0.717, 1.165) is 29.7 Å². The Hall–Kier alpha value is -1.66. The molecule has 1 aromatic heterocycles. The molecule has 2 heterocycles. The average Bonchev–Trinajstić information content (AvgIpc) is 3.09. The van der Waals surface area contributed by atoms with Gasteiger partial charge in [0.15, 0.2) is 5.76 Å². The maximum absolute atomic E-state index is 12.8. The SMILES string of the molecule is Cc1cc(C2CCCN2S(=O)(=O)Cc2ccccc2C)on1. The molecule has 0 amide bonds.